The van der Waals surface area contributed by atoms with E-state index in [1.807, 2.05) is 54.8 Å². The molecule has 2 atom stereocenters. The van der Waals surface area contributed by atoms with Gasteiger partial charge in [0.2, 0.25) is 11.8 Å². The number of carbonyl (C=O) groups excluding carboxylic acids is 3. The minimum absolute atomic E-state index is 0.0187. The minimum Gasteiger partial charge on any atom is -0.340 e. The van der Waals surface area contributed by atoms with Gasteiger partial charge in [0.1, 0.15) is 6.04 Å². The van der Waals surface area contributed by atoms with Gasteiger partial charge in [-0.2, -0.15) is 0 Å². The van der Waals surface area contributed by atoms with Crippen molar-refractivity contribution >= 4 is 17.7 Å². The first-order valence-corrected chi connectivity index (χ1v) is 13.8. The number of nitrogens with one attached hydrogen (secondary N) is 1. The van der Waals surface area contributed by atoms with Gasteiger partial charge in [-0.05, 0) is 43.4 Å². The maximum atomic E-state index is 13.4. The second-order valence-electron chi connectivity index (χ2n) is 10.3. The fourth-order valence-electron chi connectivity index (χ4n) is 4.73. The van der Waals surface area contributed by atoms with E-state index in [1.54, 1.807) is 0 Å². The van der Waals surface area contributed by atoms with Crippen molar-refractivity contribution in [2.45, 2.75) is 104 Å². The lowest BCUT2D eigenvalue weighted by Crippen LogP contribution is -2.59. The maximum absolute atomic E-state index is 13.4. The number of unbranched alkanes of at least 4 members (excludes halogenated alkanes) is 6. The third kappa shape index (κ3) is 8.97. The van der Waals surface area contributed by atoms with Crippen LogP contribution in [0.5, 0.6) is 0 Å². The monoisotopic (exact) mass is 485 g/mol. The number of nitrogens with zero attached hydrogens (tertiary/aromatic N) is 2. The molecule has 0 saturated carbocycles. The summed E-state index contributed by atoms with van der Waals surface area (Å²) in [5.41, 5.74) is 1.74. The molecule has 2 rings (SSSR count). The third-order valence-corrected chi connectivity index (χ3v) is 7.10. The molecule has 1 aromatic carbocycles. The quantitative estimate of drug-likeness (QED) is 0.390. The number of hydrogen-bond donors (Lipinski definition) is 1. The van der Waals surface area contributed by atoms with Gasteiger partial charge in [0, 0.05) is 37.7 Å². The van der Waals surface area contributed by atoms with Gasteiger partial charge in [-0.15, -0.1) is 0 Å². The zero-order valence-electron chi connectivity index (χ0n) is 22.6. The van der Waals surface area contributed by atoms with Crippen LogP contribution in [-0.2, 0) is 16.0 Å². The molecule has 1 N–H and O–H groups in total. The number of piperazine rings is 1. The first kappa shape index (κ1) is 28.9. The van der Waals surface area contributed by atoms with Crippen LogP contribution in [0.15, 0.2) is 24.3 Å². The molecule has 2 unspecified atom stereocenters. The molecule has 1 fully saturated rings. The zero-order valence-corrected chi connectivity index (χ0v) is 22.6. The van der Waals surface area contributed by atoms with E-state index in [2.05, 4.69) is 19.2 Å². The fraction of sp³-hybridized carbons (Fsp3) is 0.690. The summed E-state index contributed by atoms with van der Waals surface area (Å²) in [5, 5.41) is 2.96. The third-order valence-electron chi connectivity index (χ3n) is 7.10. The lowest BCUT2D eigenvalue weighted by Gasteiger charge is -2.41. The van der Waals surface area contributed by atoms with Crippen molar-refractivity contribution in [2.24, 2.45) is 5.92 Å². The molecule has 6 nitrogen and oxygen atoms in total. The average Bonchev–Trinajstić information content (AvgIpc) is 2.85. The maximum Gasteiger partial charge on any atom is 0.251 e. The lowest BCUT2D eigenvalue weighted by molar-refractivity contribution is -0.144. The molecule has 6 heteroatoms. The Kier molecular flexibility index (Phi) is 12.3. The Hall–Kier alpha value is -2.37. The van der Waals surface area contributed by atoms with Crippen molar-refractivity contribution in [3.8, 4) is 0 Å². The Balaban J connectivity index is 1.85. The molecule has 0 aliphatic carbocycles. The zero-order chi connectivity index (χ0) is 25.8. The van der Waals surface area contributed by atoms with Crippen LogP contribution in [0.2, 0.25) is 0 Å². The van der Waals surface area contributed by atoms with Crippen LogP contribution >= 0.6 is 0 Å². The highest BCUT2D eigenvalue weighted by molar-refractivity contribution is 5.97. The molecule has 0 spiro atoms. The Morgan fingerprint density at radius 1 is 0.943 bits per heavy atom. The van der Waals surface area contributed by atoms with Crippen molar-refractivity contribution in [2.75, 3.05) is 19.6 Å². The first-order chi connectivity index (χ1) is 16.8. The molecule has 1 aromatic rings. The van der Waals surface area contributed by atoms with Crippen LogP contribution in [0.1, 0.15) is 102 Å². The number of amides is 3. The molecule has 1 aliphatic heterocycles. The summed E-state index contributed by atoms with van der Waals surface area (Å²) in [4.78, 5) is 42.7. The van der Waals surface area contributed by atoms with Crippen LogP contribution < -0.4 is 5.32 Å². The molecule has 0 bridgehead atoms. The van der Waals surface area contributed by atoms with Gasteiger partial charge < -0.3 is 15.1 Å². The van der Waals surface area contributed by atoms with Gasteiger partial charge in [0.15, 0.2) is 0 Å². The molecule has 0 aromatic heterocycles. The van der Waals surface area contributed by atoms with Crippen LogP contribution in [0.3, 0.4) is 0 Å². The fourth-order valence-corrected chi connectivity index (χ4v) is 4.73. The SMILES string of the molecule is CCCCCCCCCC(=O)N1CCN(C(=O)C(NC(=O)c2ccc(CC)cc2)C(C)C)CC1C. The van der Waals surface area contributed by atoms with E-state index in [4.69, 9.17) is 0 Å². The van der Waals surface area contributed by atoms with Crippen molar-refractivity contribution in [3.05, 3.63) is 35.4 Å². The highest BCUT2D eigenvalue weighted by atomic mass is 16.2. The Bertz CT molecular complexity index is 806. The highest BCUT2D eigenvalue weighted by Gasteiger charge is 2.34. The highest BCUT2D eigenvalue weighted by Crippen LogP contribution is 2.17. The van der Waals surface area contributed by atoms with Crippen LogP contribution in [-0.4, -0.2) is 59.2 Å². The molecule has 0 radical (unpaired) electrons. The van der Waals surface area contributed by atoms with E-state index in [0.29, 0.717) is 31.6 Å². The number of aryl methyl sites for hydroxylation is 1. The average molecular weight is 486 g/mol. The van der Waals surface area contributed by atoms with Gasteiger partial charge in [-0.3, -0.25) is 14.4 Å². The second-order valence-corrected chi connectivity index (χ2v) is 10.3. The first-order valence-electron chi connectivity index (χ1n) is 13.8. The lowest BCUT2D eigenvalue weighted by atomic mass is 10.0. The summed E-state index contributed by atoms with van der Waals surface area (Å²) in [5.74, 6) is -0.128. The predicted molar refractivity (Wildman–Crippen MR) is 142 cm³/mol. The van der Waals surface area contributed by atoms with E-state index in [9.17, 15) is 14.4 Å². The standard InChI is InChI=1S/C29H47N3O3/c1-6-8-9-10-11-12-13-14-26(33)32-20-19-31(21-23(32)5)29(35)27(22(3)4)30-28(34)25-17-15-24(7-2)16-18-25/h15-18,22-23,27H,6-14,19-21H2,1-5H3,(H,30,34). The summed E-state index contributed by atoms with van der Waals surface area (Å²) >= 11 is 0. The summed E-state index contributed by atoms with van der Waals surface area (Å²) < 4.78 is 0. The molecular formula is C29H47N3O3. The van der Waals surface area contributed by atoms with Gasteiger partial charge in [-0.1, -0.05) is 78.4 Å². The summed E-state index contributed by atoms with van der Waals surface area (Å²) in [6.07, 6.45) is 9.87. The summed E-state index contributed by atoms with van der Waals surface area (Å²) in [7, 11) is 0. The largest absolute Gasteiger partial charge is 0.340 e. The molecule has 1 saturated heterocycles. The van der Waals surface area contributed by atoms with E-state index < -0.39 is 6.04 Å². The Labute approximate surface area is 212 Å². The van der Waals surface area contributed by atoms with E-state index in [-0.39, 0.29) is 29.7 Å². The number of benzene rings is 1. The molecule has 3 amide bonds. The van der Waals surface area contributed by atoms with Gasteiger partial charge >= 0.3 is 0 Å². The molecule has 35 heavy (non-hydrogen) atoms. The van der Waals surface area contributed by atoms with Crippen molar-refractivity contribution in [3.63, 3.8) is 0 Å². The van der Waals surface area contributed by atoms with Crippen LogP contribution in [0, 0.1) is 5.92 Å². The Morgan fingerprint density at radius 2 is 1.57 bits per heavy atom. The van der Waals surface area contributed by atoms with Crippen molar-refractivity contribution < 1.29 is 14.4 Å². The van der Waals surface area contributed by atoms with E-state index >= 15 is 0 Å². The normalized spacial score (nSPS) is 16.9. The molecule has 196 valence electrons. The molecular weight excluding hydrogens is 438 g/mol. The van der Waals surface area contributed by atoms with Gasteiger partial charge in [0.25, 0.3) is 5.91 Å². The van der Waals surface area contributed by atoms with Gasteiger partial charge in [-0.25, -0.2) is 0 Å². The number of carbonyl (C=O) groups is 3. The second kappa shape index (κ2) is 14.9. The van der Waals surface area contributed by atoms with Gasteiger partial charge in [0.05, 0.1) is 0 Å². The van der Waals surface area contributed by atoms with E-state index in [0.717, 1.165) is 19.3 Å². The Morgan fingerprint density at radius 3 is 2.14 bits per heavy atom. The smallest absolute Gasteiger partial charge is 0.251 e. The molecule has 1 aliphatic rings. The topological polar surface area (TPSA) is 69.7 Å². The number of rotatable bonds is 13. The molecule has 1 heterocycles. The number of hydrogen-bond acceptors (Lipinski definition) is 3. The van der Waals surface area contributed by atoms with E-state index in [1.165, 1.54) is 37.7 Å². The van der Waals surface area contributed by atoms with Crippen LogP contribution in [0.4, 0.5) is 0 Å². The van der Waals surface area contributed by atoms with Crippen molar-refractivity contribution in [1.82, 2.24) is 15.1 Å². The predicted octanol–water partition coefficient (Wildman–Crippen LogP) is 5.20. The minimum atomic E-state index is -0.587. The van der Waals surface area contributed by atoms with Crippen molar-refractivity contribution in [1.29, 1.82) is 0 Å². The summed E-state index contributed by atoms with van der Waals surface area (Å²) in [6, 6.07) is 6.92. The van der Waals surface area contributed by atoms with Crippen LogP contribution in [0.25, 0.3) is 0 Å². The summed E-state index contributed by atoms with van der Waals surface area (Å²) in [6.45, 7) is 11.8.